The predicted molar refractivity (Wildman–Crippen MR) is 78.7 cm³/mol. The number of nitrogens with zero attached hydrogens (tertiary/aromatic N) is 2. The zero-order chi connectivity index (χ0) is 14.7. The minimum absolute atomic E-state index is 0.0222. The SMILES string of the molecule is Cc1csc(C(=O)N2CCN(CCC(=O)O)CC2)c1Cl. The van der Waals surface area contributed by atoms with Gasteiger partial charge in [0.1, 0.15) is 4.88 Å². The molecule has 1 aromatic rings. The molecule has 1 amide bonds. The van der Waals surface area contributed by atoms with Gasteiger partial charge in [-0.25, -0.2) is 0 Å². The maximum atomic E-state index is 12.3. The van der Waals surface area contributed by atoms with Crippen molar-refractivity contribution in [3.8, 4) is 0 Å². The van der Waals surface area contributed by atoms with Crippen LogP contribution in [0.15, 0.2) is 5.38 Å². The number of halogens is 1. The summed E-state index contributed by atoms with van der Waals surface area (Å²) in [5.74, 6) is -0.810. The number of aryl methyl sites for hydroxylation is 1. The average molecular weight is 317 g/mol. The minimum atomic E-state index is -0.788. The highest BCUT2D eigenvalue weighted by molar-refractivity contribution is 7.13. The van der Waals surface area contributed by atoms with Crippen molar-refractivity contribution >= 4 is 34.8 Å². The first-order valence-corrected chi connectivity index (χ1v) is 7.72. The number of thiophene rings is 1. The summed E-state index contributed by atoms with van der Waals surface area (Å²) < 4.78 is 0. The summed E-state index contributed by atoms with van der Waals surface area (Å²) in [6.45, 7) is 5.08. The van der Waals surface area contributed by atoms with Crippen molar-refractivity contribution in [3.05, 3.63) is 20.8 Å². The van der Waals surface area contributed by atoms with E-state index in [9.17, 15) is 9.59 Å². The van der Waals surface area contributed by atoms with E-state index in [0.717, 1.165) is 5.56 Å². The molecule has 0 aliphatic carbocycles. The van der Waals surface area contributed by atoms with Crippen LogP contribution in [0.3, 0.4) is 0 Å². The summed E-state index contributed by atoms with van der Waals surface area (Å²) in [5.41, 5.74) is 0.931. The predicted octanol–water partition coefficient (Wildman–Crippen LogP) is 1.94. The number of carboxylic acid groups (broad SMARTS) is 1. The van der Waals surface area contributed by atoms with Crippen molar-refractivity contribution in [3.63, 3.8) is 0 Å². The monoisotopic (exact) mass is 316 g/mol. The number of carboxylic acids is 1. The largest absolute Gasteiger partial charge is 0.481 e. The smallest absolute Gasteiger partial charge is 0.304 e. The van der Waals surface area contributed by atoms with Gasteiger partial charge < -0.3 is 10.0 Å². The van der Waals surface area contributed by atoms with Crippen LogP contribution in [0.1, 0.15) is 21.7 Å². The van der Waals surface area contributed by atoms with Crippen molar-refractivity contribution in [2.24, 2.45) is 0 Å². The summed E-state index contributed by atoms with van der Waals surface area (Å²) in [7, 11) is 0. The molecule has 1 aliphatic heterocycles. The summed E-state index contributed by atoms with van der Waals surface area (Å²) in [4.78, 5) is 27.3. The van der Waals surface area contributed by atoms with Crippen LogP contribution in [0.25, 0.3) is 0 Å². The molecule has 1 aliphatic rings. The van der Waals surface area contributed by atoms with E-state index in [1.54, 1.807) is 4.90 Å². The molecule has 0 atom stereocenters. The Morgan fingerprint density at radius 1 is 1.35 bits per heavy atom. The quantitative estimate of drug-likeness (QED) is 0.922. The van der Waals surface area contributed by atoms with E-state index in [4.69, 9.17) is 16.7 Å². The van der Waals surface area contributed by atoms with E-state index in [1.807, 2.05) is 12.3 Å². The maximum Gasteiger partial charge on any atom is 0.304 e. The van der Waals surface area contributed by atoms with Crippen molar-refractivity contribution in [2.75, 3.05) is 32.7 Å². The highest BCUT2D eigenvalue weighted by Crippen LogP contribution is 2.28. The number of carbonyl (C=O) groups excluding carboxylic acids is 1. The molecule has 20 heavy (non-hydrogen) atoms. The van der Waals surface area contributed by atoms with Crippen molar-refractivity contribution in [2.45, 2.75) is 13.3 Å². The molecule has 0 bridgehead atoms. The van der Waals surface area contributed by atoms with Crippen LogP contribution < -0.4 is 0 Å². The summed E-state index contributed by atoms with van der Waals surface area (Å²) >= 11 is 7.50. The fourth-order valence-corrected chi connectivity index (χ4v) is 3.39. The molecule has 2 heterocycles. The second-order valence-corrected chi connectivity index (χ2v) is 6.10. The van der Waals surface area contributed by atoms with Crippen molar-refractivity contribution in [1.82, 2.24) is 9.80 Å². The third kappa shape index (κ3) is 3.50. The van der Waals surface area contributed by atoms with E-state index >= 15 is 0 Å². The van der Waals surface area contributed by atoms with Crippen LogP contribution in [-0.2, 0) is 4.79 Å². The molecule has 0 aromatic carbocycles. The number of amides is 1. The molecule has 7 heteroatoms. The Morgan fingerprint density at radius 2 is 2.00 bits per heavy atom. The normalized spacial score (nSPS) is 16.4. The topological polar surface area (TPSA) is 60.9 Å². The van der Waals surface area contributed by atoms with Gasteiger partial charge in [0, 0.05) is 32.7 Å². The van der Waals surface area contributed by atoms with Crippen LogP contribution >= 0.6 is 22.9 Å². The molecule has 1 fully saturated rings. The van der Waals surface area contributed by atoms with Crippen LogP contribution in [0, 0.1) is 6.92 Å². The van der Waals surface area contributed by atoms with Crippen LogP contribution in [-0.4, -0.2) is 59.5 Å². The van der Waals surface area contributed by atoms with Gasteiger partial charge in [-0.3, -0.25) is 14.5 Å². The number of rotatable bonds is 4. The summed E-state index contributed by atoms with van der Waals surface area (Å²) in [6, 6.07) is 0. The molecule has 110 valence electrons. The first-order chi connectivity index (χ1) is 9.49. The minimum Gasteiger partial charge on any atom is -0.481 e. The van der Waals surface area contributed by atoms with E-state index in [1.165, 1.54) is 11.3 Å². The molecular weight excluding hydrogens is 300 g/mol. The Labute approximate surface area is 126 Å². The molecule has 1 aromatic heterocycles. The first-order valence-electron chi connectivity index (χ1n) is 6.46. The molecule has 0 radical (unpaired) electrons. The van der Waals surface area contributed by atoms with Gasteiger partial charge >= 0.3 is 5.97 Å². The summed E-state index contributed by atoms with van der Waals surface area (Å²) in [5, 5.41) is 11.1. The van der Waals surface area contributed by atoms with Crippen LogP contribution in [0.5, 0.6) is 0 Å². The lowest BCUT2D eigenvalue weighted by Gasteiger charge is -2.34. The van der Waals surface area contributed by atoms with Gasteiger partial charge in [-0.05, 0) is 17.9 Å². The average Bonchev–Trinajstić information content (AvgIpc) is 2.76. The number of aliphatic carboxylic acids is 1. The fourth-order valence-electron chi connectivity index (χ4n) is 2.15. The van der Waals surface area contributed by atoms with E-state index < -0.39 is 5.97 Å². The lowest BCUT2D eigenvalue weighted by Crippen LogP contribution is -2.49. The highest BCUT2D eigenvalue weighted by Gasteiger charge is 2.25. The van der Waals surface area contributed by atoms with E-state index in [-0.39, 0.29) is 12.3 Å². The number of piperazine rings is 1. The van der Waals surface area contributed by atoms with Gasteiger partial charge in [-0.2, -0.15) is 0 Å². The summed E-state index contributed by atoms with van der Waals surface area (Å²) in [6.07, 6.45) is 0.143. The standard InChI is InChI=1S/C13H17ClN2O3S/c1-9-8-20-12(11(9)14)13(19)16-6-4-15(5-7-16)3-2-10(17)18/h8H,2-7H2,1H3,(H,17,18). The Morgan fingerprint density at radius 3 is 2.50 bits per heavy atom. The number of carbonyl (C=O) groups is 2. The van der Waals surface area contributed by atoms with Gasteiger partial charge in [0.15, 0.2) is 0 Å². The molecule has 0 saturated carbocycles. The maximum absolute atomic E-state index is 12.3. The highest BCUT2D eigenvalue weighted by atomic mass is 35.5. The lowest BCUT2D eigenvalue weighted by molar-refractivity contribution is -0.137. The second kappa shape index (κ2) is 6.56. The fraction of sp³-hybridized carbons (Fsp3) is 0.538. The molecule has 1 N–H and O–H groups in total. The van der Waals surface area contributed by atoms with Crippen LogP contribution in [0.4, 0.5) is 0 Å². The second-order valence-electron chi connectivity index (χ2n) is 4.84. The molecule has 1 saturated heterocycles. The molecule has 2 rings (SSSR count). The molecule has 0 spiro atoms. The van der Waals surface area contributed by atoms with E-state index in [2.05, 4.69) is 4.90 Å². The van der Waals surface area contributed by atoms with Gasteiger partial charge in [-0.1, -0.05) is 11.6 Å². The van der Waals surface area contributed by atoms with Crippen molar-refractivity contribution < 1.29 is 14.7 Å². The Balaban J connectivity index is 1.89. The van der Waals surface area contributed by atoms with E-state index in [0.29, 0.717) is 42.6 Å². The molecule has 0 unspecified atom stereocenters. The lowest BCUT2D eigenvalue weighted by atomic mass is 10.2. The third-order valence-corrected chi connectivity index (χ3v) is 5.08. The zero-order valence-electron chi connectivity index (χ0n) is 11.3. The van der Waals surface area contributed by atoms with Crippen molar-refractivity contribution in [1.29, 1.82) is 0 Å². The number of hydrogen-bond donors (Lipinski definition) is 1. The number of hydrogen-bond acceptors (Lipinski definition) is 4. The molecule has 5 nitrogen and oxygen atoms in total. The van der Waals surface area contributed by atoms with Gasteiger partial charge in [-0.15, -0.1) is 11.3 Å². The Hall–Kier alpha value is -1.11. The third-order valence-electron chi connectivity index (χ3n) is 3.39. The van der Waals surface area contributed by atoms with Gasteiger partial charge in [0.05, 0.1) is 11.4 Å². The van der Waals surface area contributed by atoms with Gasteiger partial charge in [0.25, 0.3) is 5.91 Å². The zero-order valence-corrected chi connectivity index (χ0v) is 12.8. The molecular formula is C13H17ClN2O3S. The van der Waals surface area contributed by atoms with Crippen LogP contribution in [0.2, 0.25) is 5.02 Å². The Kier molecular flexibility index (Phi) is 5.01. The first kappa shape index (κ1) is 15.3. The Bertz CT molecular complexity index is 510. The van der Waals surface area contributed by atoms with Gasteiger partial charge in [0.2, 0.25) is 0 Å².